The highest BCUT2D eigenvalue weighted by Crippen LogP contribution is 2.16. The Labute approximate surface area is 128 Å². The number of carbonyl (C=O) groups is 1. The fourth-order valence-corrected chi connectivity index (χ4v) is 1.91. The second-order valence-electron chi connectivity index (χ2n) is 4.73. The van der Waals surface area contributed by atoms with Crippen molar-refractivity contribution in [2.75, 3.05) is 20.2 Å². The maximum absolute atomic E-state index is 11.6. The average molecular weight is 304 g/mol. The van der Waals surface area contributed by atoms with Gasteiger partial charge in [0.1, 0.15) is 5.75 Å². The molecule has 22 heavy (non-hydrogen) atoms. The van der Waals surface area contributed by atoms with Gasteiger partial charge in [-0.2, -0.15) is 0 Å². The van der Waals surface area contributed by atoms with Gasteiger partial charge in [-0.15, -0.1) is 0 Å². The van der Waals surface area contributed by atoms with Crippen LogP contribution in [0.2, 0.25) is 0 Å². The summed E-state index contributed by atoms with van der Waals surface area (Å²) in [6, 6.07) is 6.75. The smallest absolute Gasteiger partial charge is 0.314 e. The number of methoxy groups -OCH3 is 1. The third-order valence-electron chi connectivity index (χ3n) is 3.17. The lowest BCUT2D eigenvalue weighted by Crippen LogP contribution is -2.39. The summed E-state index contributed by atoms with van der Waals surface area (Å²) in [5.74, 6) is 0.723. The molecule has 1 heterocycles. The first-order valence-electron chi connectivity index (χ1n) is 6.98. The Bertz CT molecular complexity index is 569. The molecule has 3 N–H and O–H groups in total. The lowest BCUT2D eigenvalue weighted by atomic mass is 10.1. The number of carbonyl (C=O) groups excluding carboxylic acids is 1. The summed E-state index contributed by atoms with van der Waals surface area (Å²) >= 11 is 0. The fraction of sp³-hybridized carbons (Fsp3) is 0.333. The number of hydrogen-bond acceptors (Lipinski definition) is 4. The number of amides is 2. The molecule has 0 aliphatic heterocycles. The van der Waals surface area contributed by atoms with Crippen molar-refractivity contribution < 1.29 is 14.6 Å². The molecular weight excluding hydrogens is 284 g/mol. The van der Waals surface area contributed by atoms with Crippen molar-refractivity contribution in [2.45, 2.75) is 12.6 Å². The molecular formula is C15H20N4O3. The van der Waals surface area contributed by atoms with Crippen molar-refractivity contribution in [3.8, 4) is 5.75 Å². The summed E-state index contributed by atoms with van der Waals surface area (Å²) in [5.41, 5.74) is 0.722. The molecule has 1 aromatic heterocycles. The summed E-state index contributed by atoms with van der Waals surface area (Å²) in [4.78, 5) is 15.5. The zero-order valence-electron chi connectivity index (χ0n) is 12.4. The first-order valence-corrected chi connectivity index (χ1v) is 6.98. The number of nitrogens with one attached hydrogen (secondary N) is 2. The number of benzene rings is 1. The molecule has 0 aliphatic rings. The molecule has 0 radical (unpaired) electrons. The van der Waals surface area contributed by atoms with Crippen LogP contribution in [0.4, 0.5) is 4.79 Å². The fourth-order valence-electron chi connectivity index (χ4n) is 1.91. The molecule has 7 heteroatoms. The molecule has 0 aliphatic carbocycles. The van der Waals surface area contributed by atoms with E-state index < -0.39 is 6.10 Å². The third-order valence-corrected chi connectivity index (χ3v) is 3.17. The predicted octanol–water partition coefficient (Wildman–Crippen LogP) is 0.924. The second-order valence-corrected chi connectivity index (χ2v) is 4.73. The van der Waals surface area contributed by atoms with Gasteiger partial charge in [0.2, 0.25) is 0 Å². The van der Waals surface area contributed by atoms with Gasteiger partial charge in [0.15, 0.2) is 0 Å². The Kier molecular flexibility index (Phi) is 5.79. The van der Waals surface area contributed by atoms with Gasteiger partial charge in [0, 0.05) is 32.0 Å². The molecule has 2 aromatic rings. The number of aliphatic hydroxyl groups excluding tert-OH is 1. The monoisotopic (exact) mass is 304 g/mol. The van der Waals surface area contributed by atoms with E-state index in [0.717, 1.165) is 11.3 Å². The Morgan fingerprint density at radius 3 is 2.77 bits per heavy atom. The molecule has 0 unspecified atom stereocenters. The minimum absolute atomic E-state index is 0.142. The summed E-state index contributed by atoms with van der Waals surface area (Å²) in [5, 5.41) is 15.4. The molecule has 2 rings (SSSR count). The van der Waals surface area contributed by atoms with Crippen LogP contribution in [0, 0.1) is 0 Å². The zero-order valence-corrected chi connectivity index (χ0v) is 12.4. The second kappa shape index (κ2) is 8.04. The Hall–Kier alpha value is -2.54. The van der Waals surface area contributed by atoms with Crippen molar-refractivity contribution in [3.05, 3.63) is 48.5 Å². The quantitative estimate of drug-likeness (QED) is 0.710. The van der Waals surface area contributed by atoms with Gasteiger partial charge in [-0.1, -0.05) is 12.1 Å². The maximum atomic E-state index is 11.6. The van der Waals surface area contributed by atoms with E-state index in [0.29, 0.717) is 13.1 Å². The van der Waals surface area contributed by atoms with E-state index in [1.807, 2.05) is 10.8 Å². The number of rotatable bonds is 7. The molecule has 7 nitrogen and oxygen atoms in total. The van der Waals surface area contributed by atoms with E-state index in [-0.39, 0.29) is 12.6 Å². The number of hydrogen-bond donors (Lipinski definition) is 3. The van der Waals surface area contributed by atoms with E-state index >= 15 is 0 Å². The van der Waals surface area contributed by atoms with Gasteiger partial charge in [0.25, 0.3) is 0 Å². The first kappa shape index (κ1) is 15.8. The number of urea groups is 1. The Morgan fingerprint density at radius 1 is 1.36 bits per heavy atom. The van der Waals surface area contributed by atoms with Gasteiger partial charge in [-0.05, 0) is 17.7 Å². The van der Waals surface area contributed by atoms with Crippen LogP contribution in [0.25, 0.3) is 0 Å². The highest BCUT2D eigenvalue weighted by Gasteiger charge is 2.09. The van der Waals surface area contributed by atoms with Crippen LogP contribution in [-0.2, 0) is 6.54 Å². The highest BCUT2D eigenvalue weighted by molar-refractivity contribution is 5.73. The lowest BCUT2D eigenvalue weighted by Gasteiger charge is -2.13. The zero-order chi connectivity index (χ0) is 15.8. The third kappa shape index (κ3) is 4.78. The lowest BCUT2D eigenvalue weighted by molar-refractivity contribution is 0.173. The van der Waals surface area contributed by atoms with Crippen LogP contribution >= 0.6 is 0 Å². The normalized spacial score (nSPS) is 11.7. The molecule has 118 valence electrons. The van der Waals surface area contributed by atoms with E-state index in [1.54, 1.807) is 43.9 Å². The van der Waals surface area contributed by atoms with Crippen LogP contribution < -0.4 is 15.4 Å². The minimum Gasteiger partial charge on any atom is -0.497 e. The average Bonchev–Trinajstić information content (AvgIpc) is 3.06. The van der Waals surface area contributed by atoms with Gasteiger partial charge in [-0.3, -0.25) is 0 Å². The topological polar surface area (TPSA) is 88.4 Å². The van der Waals surface area contributed by atoms with E-state index in [9.17, 15) is 9.90 Å². The molecule has 1 aromatic carbocycles. The summed E-state index contributed by atoms with van der Waals surface area (Å²) in [6.07, 6.45) is 4.44. The van der Waals surface area contributed by atoms with Crippen LogP contribution in [0.15, 0.2) is 43.0 Å². The number of aliphatic hydroxyl groups is 1. The predicted molar refractivity (Wildman–Crippen MR) is 81.6 cm³/mol. The van der Waals surface area contributed by atoms with E-state index in [4.69, 9.17) is 4.74 Å². The molecule has 0 fully saturated rings. The SMILES string of the molecule is COc1ccc([C@H](O)CNC(=O)NCCn2ccnc2)cc1. The van der Waals surface area contributed by atoms with Gasteiger partial charge >= 0.3 is 6.03 Å². The Morgan fingerprint density at radius 2 is 2.14 bits per heavy atom. The van der Waals surface area contributed by atoms with Crippen LogP contribution in [0.1, 0.15) is 11.7 Å². The summed E-state index contributed by atoms with van der Waals surface area (Å²) in [7, 11) is 1.58. The highest BCUT2D eigenvalue weighted by atomic mass is 16.5. The minimum atomic E-state index is -0.759. The summed E-state index contributed by atoms with van der Waals surface area (Å²) < 4.78 is 6.92. The standard InChI is InChI=1S/C15H20N4O3/c1-22-13-4-2-12(3-5-13)14(20)10-18-15(21)17-7-9-19-8-6-16-11-19/h2-6,8,11,14,20H,7,9-10H2,1H3,(H2,17,18,21)/t14-/m1/s1. The maximum Gasteiger partial charge on any atom is 0.314 e. The van der Waals surface area contributed by atoms with Crippen molar-refractivity contribution in [1.82, 2.24) is 20.2 Å². The number of aromatic nitrogens is 2. The largest absolute Gasteiger partial charge is 0.497 e. The number of ether oxygens (including phenoxy) is 1. The molecule has 1 atom stereocenters. The molecule has 0 saturated carbocycles. The van der Waals surface area contributed by atoms with Crippen LogP contribution in [0.5, 0.6) is 5.75 Å². The van der Waals surface area contributed by atoms with Gasteiger partial charge in [-0.25, -0.2) is 9.78 Å². The van der Waals surface area contributed by atoms with Crippen molar-refractivity contribution >= 4 is 6.03 Å². The van der Waals surface area contributed by atoms with Gasteiger partial charge in [0.05, 0.1) is 19.5 Å². The molecule has 0 bridgehead atoms. The van der Waals surface area contributed by atoms with Crippen LogP contribution in [0.3, 0.4) is 0 Å². The van der Waals surface area contributed by atoms with Crippen molar-refractivity contribution in [1.29, 1.82) is 0 Å². The first-order chi connectivity index (χ1) is 10.7. The Balaban J connectivity index is 1.68. The molecule has 0 saturated heterocycles. The molecule has 0 spiro atoms. The van der Waals surface area contributed by atoms with Gasteiger partial charge < -0.3 is 25.0 Å². The van der Waals surface area contributed by atoms with Crippen molar-refractivity contribution in [2.24, 2.45) is 0 Å². The van der Waals surface area contributed by atoms with Crippen LogP contribution in [-0.4, -0.2) is 40.9 Å². The summed E-state index contributed by atoms with van der Waals surface area (Å²) in [6.45, 7) is 1.28. The molecule has 2 amide bonds. The number of imidazole rings is 1. The van der Waals surface area contributed by atoms with E-state index in [1.165, 1.54) is 0 Å². The van der Waals surface area contributed by atoms with Crippen molar-refractivity contribution in [3.63, 3.8) is 0 Å². The van der Waals surface area contributed by atoms with E-state index in [2.05, 4.69) is 15.6 Å². The number of nitrogens with zero attached hydrogens (tertiary/aromatic N) is 2.